The maximum absolute atomic E-state index is 8.88. The Morgan fingerprint density at radius 3 is 3.06 bits per heavy atom. The first-order valence-electron chi connectivity index (χ1n) is 4.50. The molecule has 0 bridgehead atoms. The van der Waals surface area contributed by atoms with Crippen LogP contribution in [-0.2, 0) is 6.61 Å². The molecule has 3 nitrogen and oxygen atoms in total. The van der Waals surface area contributed by atoms with Crippen molar-refractivity contribution in [2.75, 3.05) is 0 Å². The maximum Gasteiger partial charge on any atom is 0.140 e. The van der Waals surface area contributed by atoms with Crippen molar-refractivity contribution in [2.45, 2.75) is 6.61 Å². The lowest BCUT2D eigenvalue weighted by Gasteiger charge is -2.06. The minimum Gasteiger partial charge on any atom is -0.485 e. The molecule has 0 aliphatic rings. The predicted octanol–water partition coefficient (Wildman–Crippen LogP) is 3.25. The third-order valence-electron chi connectivity index (χ3n) is 1.90. The number of aromatic nitrogens is 1. The van der Waals surface area contributed by atoms with Crippen molar-refractivity contribution < 1.29 is 4.74 Å². The Morgan fingerprint density at radius 1 is 1.50 bits per heavy atom. The van der Waals surface area contributed by atoms with Gasteiger partial charge in [-0.25, -0.2) is 4.98 Å². The summed E-state index contributed by atoms with van der Waals surface area (Å²) in [5.41, 5.74) is 0.473. The van der Waals surface area contributed by atoms with E-state index in [-0.39, 0.29) is 0 Å². The number of nitrogens with zero attached hydrogens (tertiary/aromatic N) is 2. The van der Waals surface area contributed by atoms with E-state index in [9.17, 15) is 0 Å². The van der Waals surface area contributed by atoms with Crippen LogP contribution in [0.2, 0.25) is 5.02 Å². The van der Waals surface area contributed by atoms with E-state index >= 15 is 0 Å². The summed E-state index contributed by atoms with van der Waals surface area (Å²) in [4.78, 5) is 4.09. The molecule has 1 aromatic carbocycles. The van der Waals surface area contributed by atoms with Gasteiger partial charge in [0.25, 0.3) is 0 Å². The Morgan fingerprint density at radius 2 is 2.38 bits per heavy atom. The Labute approximate surface area is 102 Å². The van der Waals surface area contributed by atoms with Crippen molar-refractivity contribution in [2.24, 2.45) is 0 Å². The van der Waals surface area contributed by atoms with Gasteiger partial charge >= 0.3 is 0 Å². The zero-order valence-electron chi connectivity index (χ0n) is 8.18. The molecule has 1 aromatic heterocycles. The molecule has 0 unspecified atom stereocenters. The molecule has 0 saturated carbocycles. The second kappa shape index (κ2) is 4.97. The van der Waals surface area contributed by atoms with Crippen molar-refractivity contribution >= 4 is 22.9 Å². The first-order chi connectivity index (χ1) is 7.79. The number of hydrogen-bond donors (Lipinski definition) is 0. The number of ether oxygens (including phenoxy) is 1. The molecule has 1 heterocycles. The summed E-state index contributed by atoms with van der Waals surface area (Å²) in [6.45, 7) is 0.354. The van der Waals surface area contributed by atoms with Crippen molar-refractivity contribution in [1.82, 2.24) is 4.98 Å². The summed E-state index contributed by atoms with van der Waals surface area (Å²) in [5.74, 6) is 0.491. The fraction of sp³-hybridized carbons (Fsp3) is 0.0909. The van der Waals surface area contributed by atoms with Gasteiger partial charge < -0.3 is 4.74 Å². The van der Waals surface area contributed by atoms with E-state index in [0.717, 1.165) is 5.01 Å². The van der Waals surface area contributed by atoms with E-state index in [2.05, 4.69) is 11.1 Å². The zero-order chi connectivity index (χ0) is 11.4. The van der Waals surface area contributed by atoms with Crippen LogP contribution in [0.3, 0.4) is 0 Å². The fourth-order valence-corrected chi connectivity index (χ4v) is 1.86. The van der Waals surface area contributed by atoms with E-state index in [4.69, 9.17) is 21.6 Å². The molecule has 16 heavy (non-hydrogen) atoms. The Hall–Kier alpha value is -1.57. The number of benzene rings is 1. The van der Waals surface area contributed by atoms with Gasteiger partial charge in [-0.3, -0.25) is 0 Å². The number of hydrogen-bond acceptors (Lipinski definition) is 4. The van der Waals surface area contributed by atoms with E-state index in [1.807, 2.05) is 5.38 Å². The average Bonchev–Trinajstić information content (AvgIpc) is 2.79. The lowest BCUT2D eigenvalue weighted by atomic mass is 10.2. The van der Waals surface area contributed by atoms with Gasteiger partial charge in [0.15, 0.2) is 0 Å². The highest BCUT2D eigenvalue weighted by molar-refractivity contribution is 7.09. The van der Waals surface area contributed by atoms with Gasteiger partial charge in [-0.15, -0.1) is 11.3 Å². The minimum absolute atomic E-state index is 0.354. The average molecular weight is 251 g/mol. The monoisotopic (exact) mass is 250 g/mol. The van der Waals surface area contributed by atoms with E-state index < -0.39 is 0 Å². The lowest BCUT2D eigenvalue weighted by Crippen LogP contribution is -1.96. The quantitative estimate of drug-likeness (QED) is 0.840. The first kappa shape index (κ1) is 10.9. The van der Waals surface area contributed by atoms with Crippen LogP contribution in [0.5, 0.6) is 5.75 Å². The molecule has 0 radical (unpaired) electrons. The van der Waals surface area contributed by atoms with Crippen LogP contribution in [-0.4, -0.2) is 4.98 Å². The molecule has 0 spiro atoms. The Balaban J connectivity index is 2.15. The summed E-state index contributed by atoms with van der Waals surface area (Å²) in [7, 11) is 0. The molecular weight excluding hydrogens is 244 g/mol. The predicted molar refractivity (Wildman–Crippen MR) is 62.6 cm³/mol. The second-order valence-electron chi connectivity index (χ2n) is 2.97. The summed E-state index contributed by atoms with van der Waals surface area (Å²) < 4.78 is 5.49. The van der Waals surface area contributed by atoms with Crippen molar-refractivity contribution in [3.05, 3.63) is 45.4 Å². The zero-order valence-corrected chi connectivity index (χ0v) is 9.76. The molecule has 2 aromatic rings. The van der Waals surface area contributed by atoms with Crippen LogP contribution in [0, 0.1) is 11.3 Å². The third-order valence-corrected chi connectivity index (χ3v) is 2.89. The van der Waals surface area contributed by atoms with Crippen molar-refractivity contribution in [3.63, 3.8) is 0 Å². The van der Waals surface area contributed by atoms with Gasteiger partial charge in [0.05, 0.1) is 5.56 Å². The summed E-state index contributed by atoms with van der Waals surface area (Å²) in [6, 6.07) is 6.99. The van der Waals surface area contributed by atoms with Gasteiger partial charge in [0, 0.05) is 22.7 Å². The van der Waals surface area contributed by atoms with Crippen molar-refractivity contribution in [3.8, 4) is 11.8 Å². The molecule has 2 rings (SSSR count). The van der Waals surface area contributed by atoms with Crippen LogP contribution < -0.4 is 4.74 Å². The Kier molecular flexibility index (Phi) is 3.40. The molecule has 5 heteroatoms. The first-order valence-corrected chi connectivity index (χ1v) is 5.76. The molecule has 0 N–H and O–H groups in total. The number of halogens is 1. The van der Waals surface area contributed by atoms with Crippen LogP contribution in [0.4, 0.5) is 0 Å². The largest absolute Gasteiger partial charge is 0.485 e. The fourth-order valence-electron chi connectivity index (χ4n) is 1.17. The maximum atomic E-state index is 8.88. The van der Waals surface area contributed by atoms with E-state index in [0.29, 0.717) is 22.9 Å². The van der Waals surface area contributed by atoms with Crippen LogP contribution >= 0.6 is 22.9 Å². The topological polar surface area (TPSA) is 45.9 Å². The molecule has 0 amide bonds. The van der Waals surface area contributed by atoms with Crippen LogP contribution in [0.1, 0.15) is 10.6 Å². The number of nitriles is 1. The van der Waals surface area contributed by atoms with E-state index in [1.54, 1.807) is 24.4 Å². The van der Waals surface area contributed by atoms with Gasteiger partial charge in [-0.2, -0.15) is 5.26 Å². The summed E-state index contributed by atoms with van der Waals surface area (Å²) in [6.07, 6.45) is 1.71. The van der Waals surface area contributed by atoms with Gasteiger partial charge in [0.1, 0.15) is 23.4 Å². The minimum atomic E-state index is 0.354. The molecular formula is C11H7ClN2OS. The van der Waals surface area contributed by atoms with E-state index in [1.165, 1.54) is 11.3 Å². The highest BCUT2D eigenvalue weighted by Gasteiger charge is 2.05. The molecule has 0 atom stereocenters. The Bertz CT molecular complexity index is 519. The summed E-state index contributed by atoms with van der Waals surface area (Å²) >= 11 is 7.34. The van der Waals surface area contributed by atoms with Gasteiger partial charge in [-0.05, 0) is 12.1 Å². The molecule has 0 aliphatic carbocycles. The highest BCUT2D eigenvalue weighted by Crippen LogP contribution is 2.23. The van der Waals surface area contributed by atoms with Crippen LogP contribution in [0.15, 0.2) is 29.8 Å². The number of rotatable bonds is 3. The molecule has 80 valence electrons. The van der Waals surface area contributed by atoms with Crippen LogP contribution in [0.25, 0.3) is 0 Å². The SMILES string of the molecule is N#Cc1ccc(Cl)cc1OCc1nccs1. The standard InChI is InChI=1S/C11H7ClN2OS/c12-9-2-1-8(6-13)10(5-9)15-7-11-14-3-4-16-11/h1-5H,7H2. The lowest BCUT2D eigenvalue weighted by molar-refractivity contribution is 0.304. The van der Waals surface area contributed by atoms with Crippen molar-refractivity contribution in [1.29, 1.82) is 5.26 Å². The molecule has 0 fully saturated rings. The normalized spacial score (nSPS) is 9.75. The molecule has 0 saturated heterocycles. The molecule has 0 aliphatic heterocycles. The summed E-state index contributed by atoms with van der Waals surface area (Å²) in [5, 5.41) is 12.2. The van der Waals surface area contributed by atoms with Gasteiger partial charge in [-0.1, -0.05) is 11.6 Å². The third kappa shape index (κ3) is 2.51. The highest BCUT2D eigenvalue weighted by atomic mass is 35.5. The second-order valence-corrected chi connectivity index (χ2v) is 4.38. The number of thiazole rings is 1. The smallest absolute Gasteiger partial charge is 0.140 e. The van der Waals surface area contributed by atoms with Gasteiger partial charge in [0.2, 0.25) is 0 Å².